The lowest BCUT2D eigenvalue weighted by molar-refractivity contribution is 0.221. The average molecular weight is 549 g/mol. The first-order valence-corrected chi connectivity index (χ1v) is 11.7. The number of anilines is 1. The van der Waals surface area contributed by atoms with Crippen molar-refractivity contribution in [3.63, 3.8) is 0 Å². The van der Waals surface area contributed by atoms with Crippen molar-refractivity contribution in [3.8, 4) is 0 Å². The van der Waals surface area contributed by atoms with Gasteiger partial charge in [-0.2, -0.15) is 0 Å². The second-order valence-corrected chi connectivity index (χ2v) is 8.65. The van der Waals surface area contributed by atoms with E-state index < -0.39 is 0 Å². The molecule has 2 fully saturated rings. The molecule has 0 amide bonds. The van der Waals surface area contributed by atoms with Gasteiger partial charge in [-0.25, -0.2) is 4.98 Å². The summed E-state index contributed by atoms with van der Waals surface area (Å²) in [4.78, 5) is 13.8. The smallest absolute Gasteiger partial charge is 0.191 e. The molecule has 0 saturated carbocycles. The Labute approximate surface area is 209 Å². The van der Waals surface area contributed by atoms with Crippen molar-refractivity contribution in [2.24, 2.45) is 4.99 Å². The minimum atomic E-state index is 0. The number of aliphatic imine (C=N–C) groups is 1. The fourth-order valence-corrected chi connectivity index (χ4v) is 4.42. The molecule has 32 heavy (non-hydrogen) atoms. The third-order valence-corrected chi connectivity index (χ3v) is 6.26. The van der Waals surface area contributed by atoms with Gasteiger partial charge in [-0.3, -0.25) is 9.89 Å². The van der Waals surface area contributed by atoms with Crippen molar-refractivity contribution >= 4 is 35.8 Å². The topological polar surface area (TPSA) is 55.8 Å². The Kier molecular flexibility index (Phi) is 10.1. The van der Waals surface area contributed by atoms with E-state index in [0.717, 1.165) is 44.5 Å². The standard InChI is InChI=1S/C25H36N6.HI/c1-26-25(29-19-23-11-12-27-24(17-23)31-15-5-6-16-31)28-18-21-7-9-22(10-8-21)20-30-13-3-2-4-14-30;/h7-12,17H,2-6,13-16,18-20H2,1H3,(H2,26,28,29);1H. The Bertz CT molecular complexity index is 842. The maximum Gasteiger partial charge on any atom is 0.191 e. The van der Waals surface area contributed by atoms with Gasteiger partial charge in [0.25, 0.3) is 0 Å². The summed E-state index contributed by atoms with van der Waals surface area (Å²) in [5, 5.41) is 6.85. The molecule has 0 bridgehead atoms. The molecule has 2 aromatic rings. The Balaban J connectivity index is 0.00000289. The molecule has 0 spiro atoms. The van der Waals surface area contributed by atoms with E-state index in [9.17, 15) is 0 Å². The number of likely N-dealkylation sites (tertiary alicyclic amines) is 1. The van der Waals surface area contributed by atoms with Crippen LogP contribution in [0.25, 0.3) is 0 Å². The van der Waals surface area contributed by atoms with E-state index in [1.54, 1.807) is 0 Å². The summed E-state index contributed by atoms with van der Waals surface area (Å²) in [7, 11) is 1.82. The molecule has 7 heteroatoms. The fraction of sp³-hybridized carbons (Fsp3) is 0.520. The summed E-state index contributed by atoms with van der Waals surface area (Å²) < 4.78 is 0. The van der Waals surface area contributed by atoms with Crippen molar-refractivity contribution in [2.75, 3.05) is 38.1 Å². The van der Waals surface area contributed by atoms with Gasteiger partial charge < -0.3 is 15.5 Å². The van der Waals surface area contributed by atoms with E-state index in [-0.39, 0.29) is 24.0 Å². The zero-order valence-electron chi connectivity index (χ0n) is 19.2. The highest BCUT2D eigenvalue weighted by Gasteiger charge is 2.13. The molecule has 4 rings (SSSR count). The lowest BCUT2D eigenvalue weighted by Crippen LogP contribution is -2.36. The van der Waals surface area contributed by atoms with Crippen LogP contribution in [0, 0.1) is 0 Å². The first-order chi connectivity index (χ1) is 15.3. The van der Waals surface area contributed by atoms with Crippen molar-refractivity contribution < 1.29 is 0 Å². The number of halogens is 1. The van der Waals surface area contributed by atoms with Gasteiger partial charge >= 0.3 is 0 Å². The quantitative estimate of drug-likeness (QED) is 0.310. The van der Waals surface area contributed by atoms with Gasteiger partial charge in [-0.15, -0.1) is 24.0 Å². The van der Waals surface area contributed by atoms with Crippen LogP contribution in [-0.2, 0) is 19.6 Å². The predicted octanol–water partition coefficient (Wildman–Crippen LogP) is 4.15. The van der Waals surface area contributed by atoms with E-state index in [2.05, 4.69) is 66.8 Å². The van der Waals surface area contributed by atoms with Crippen molar-refractivity contribution in [1.82, 2.24) is 20.5 Å². The maximum absolute atomic E-state index is 4.54. The molecule has 2 saturated heterocycles. The molecular formula is C25H37IN6. The van der Waals surface area contributed by atoms with E-state index in [1.165, 1.54) is 61.9 Å². The van der Waals surface area contributed by atoms with Gasteiger partial charge in [-0.1, -0.05) is 30.7 Å². The number of guanidine groups is 1. The zero-order valence-corrected chi connectivity index (χ0v) is 21.6. The second-order valence-electron chi connectivity index (χ2n) is 8.65. The molecule has 2 N–H and O–H groups in total. The van der Waals surface area contributed by atoms with Crippen molar-refractivity contribution in [3.05, 3.63) is 59.3 Å². The highest BCUT2D eigenvalue weighted by Crippen LogP contribution is 2.18. The van der Waals surface area contributed by atoms with Gasteiger partial charge in [0.15, 0.2) is 5.96 Å². The summed E-state index contributed by atoms with van der Waals surface area (Å²) in [5.41, 5.74) is 3.90. The maximum atomic E-state index is 4.54. The monoisotopic (exact) mass is 548 g/mol. The Morgan fingerprint density at radius 2 is 1.47 bits per heavy atom. The largest absolute Gasteiger partial charge is 0.357 e. The van der Waals surface area contributed by atoms with Crippen LogP contribution < -0.4 is 15.5 Å². The van der Waals surface area contributed by atoms with Crippen molar-refractivity contribution in [1.29, 1.82) is 0 Å². The minimum absolute atomic E-state index is 0. The number of benzene rings is 1. The molecule has 1 aromatic heterocycles. The van der Waals surface area contributed by atoms with E-state index in [0.29, 0.717) is 0 Å². The summed E-state index contributed by atoms with van der Waals surface area (Å²) in [6.45, 7) is 7.28. The van der Waals surface area contributed by atoms with Crippen LogP contribution in [0.2, 0.25) is 0 Å². The number of aromatic nitrogens is 1. The first-order valence-electron chi connectivity index (χ1n) is 11.7. The fourth-order valence-electron chi connectivity index (χ4n) is 4.42. The summed E-state index contributed by atoms with van der Waals surface area (Å²) >= 11 is 0. The molecule has 0 unspecified atom stereocenters. The third-order valence-electron chi connectivity index (χ3n) is 6.26. The van der Waals surface area contributed by atoms with Crippen molar-refractivity contribution in [2.45, 2.75) is 51.7 Å². The molecule has 1 aromatic carbocycles. The van der Waals surface area contributed by atoms with Gasteiger partial charge in [0.1, 0.15) is 5.82 Å². The molecular weight excluding hydrogens is 511 g/mol. The highest BCUT2D eigenvalue weighted by molar-refractivity contribution is 14.0. The Morgan fingerprint density at radius 1 is 0.844 bits per heavy atom. The van der Waals surface area contributed by atoms with Crippen LogP contribution >= 0.6 is 24.0 Å². The molecule has 2 aliphatic rings. The highest BCUT2D eigenvalue weighted by atomic mass is 127. The molecule has 0 atom stereocenters. The van der Waals surface area contributed by atoms with Gasteiger partial charge in [0.2, 0.25) is 0 Å². The lowest BCUT2D eigenvalue weighted by atomic mass is 10.1. The van der Waals surface area contributed by atoms with E-state index in [1.807, 2.05) is 13.2 Å². The summed E-state index contributed by atoms with van der Waals surface area (Å²) in [5.74, 6) is 1.90. The SMILES string of the molecule is CN=C(NCc1ccc(CN2CCCCC2)cc1)NCc1ccnc(N2CCCC2)c1.I. The van der Waals surface area contributed by atoms with Crippen LogP contribution in [0.1, 0.15) is 48.8 Å². The summed E-state index contributed by atoms with van der Waals surface area (Å²) in [6, 6.07) is 13.2. The second kappa shape index (κ2) is 13.0. The van der Waals surface area contributed by atoms with E-state index in [4.69, 9.17) is 0 Å². The first kappa shape index (κ1) is 24.8. The number of nitrogens with one attached hydrogen (secondary N) is 2. The molecule has 6 nitrogen and oxygen atoms in total. The van der Waals surface area contributed by atoms with Crippen LogP contribution in [0.3, 0.4) is 0 Å². The number of hydrogen-bond acceptors (Lipinski definition) is 4. The number of pyridine rings is 1. The minimum Gasteiger partial charge on any atom is -0.357 e. The third kappa shape index (κ3) is 7.33. The van der Waals surface area contributed by atoms with Crippen LogP contribution in [0.5, 0.6) is 0 Å². The molecule has 174 valence electrons. The van der Waals surface area contributed by atoms with Crippen LogP contribution in [0.4, 0.5) is 5.82 Å². The van der Waals surface area contributed by atoms with Gasteiger partial charge in [0.05, 0.1) is 0 Å². The lowest BCUT2D eigenvalue weighted by Gasteiger charge is -2.26. The van der Waals surface area contributed by atoms with Gasteiger partial charge in [-0.05, 0) is 67.6 Å². The zero-order chi connectivity index (χ0) is 21.3. The van der Waals surface area contributed by atoms with Crippen LogP contribution in [-0.4, -0.2) is 49.1 Å². The normalized spacial score (nSPS) is 17.2. The van der Waals surface area contributed by atoms with Crippen LogP contribution in [0.15, 0.2) is 47.6 Å². The average Bonchev–Trinajstić information content (AvgIpc) is 3.36. The molecule has 0 aliphatic carbocycles. The number of hydrogen-bond donors (Lipinski definition) is 2. The number of rotatable bonds is 7. The molecule has 2 aliphatic heterocycles. The molecule has 0 radical (unpaired) electrons. The Morgan fingerprint density at radius 3 is 2.16 bits per heavy atom. The number of nitrogens with zero attached hydrogens (tertiary/aromatic N) is 4. The summed E-state index contributed by atoms with van der Waals surface area (Å²) in [6.07, 6.45) is 8.50. The molecule has 3 heterocycles. The van der Waals surface area contributed by atoms with Gasteiger partial charge in [0, 0.05) is 46.0 Å². The predicted molar refractivity (Wildman–Crippen MR) is 144 cm³/mol. The number of piperidine rings is 1. The van der Waals surface area contributed by atoms with E-state index >= 15 is 0 Å². The Hall–Kier alpha value is -1.87.